The predicted octanol–water partition coefficient (Wildman–Crippen LogP) is 1.01. The molecule has 1 heterocycles. The van der Waals surface area contributed by atoms with Crippen molar-refractivity contribution in [2.24, 2.45) is 10.8 Å². The van der Waals surface area contributed by atoms with Gasteiger partial charge in [-0.05, 0) is 31.2 Å². The maximum absolute atomic E-state index is 8.71. The zero-order chi connectivity index (χ0) is 14.5. The van der Waals surface area contributed by atoms with Crippen LogP contribution in [0.25, 0.3) is 11.4 Å². The third-order valence-corrected chi connectivity index (χ3v) is 2.40. The molecule has 0 spiro atoms. The summed E-state index contributed by atoms with van der Waals surface area (Å²) in [6.45, 7) is 1.83. The van der Waals surface area contributed by atoms with E-state index in [9.17, 15) is 0 Å². The molecule has 0 aliphatic rings. The Hall–Kier alpha value is -3.21. The first-order valence-corrected chi connectivity index (χ1v) is 5.68. The lowest BCUT2D eigenvalue weighted by Crippen LogP contribution is -2.21. The van der Waals surface area contributed by atoms with Crippen LogP contribution in [0.1, 0.15) is 5.82 Å². The zero-order valence-electron chi connectivity index (χ0n) is 10.7. The van der Waals surface area contributed by atoms with Gasteiger partial charge in [-0.15, -0.1) is 0 Å². The molecule has 100 valence electrons. The predicted molar refractivity (Wildman–Crippen MR) is 75.1 cm³/mol. The fourth-order valence-electron chi connectivity index (χ4n) is 1.43. The summed E-state index contributed by atoms with van der Waals surface area (Å²) in [6, 6.07) is 8.89. The van der Waals surface area contributed by atoms with E-state index in [1.165, 1.54) is 0 Å². The highest BCUT2D eigenvalue weighted by atomic mass is 15.3. The highest BCUT2D eigenvalue weighted by molar-refractivity contribution is 6.45. The number of hydrazone groups is 1. The number of aromatic amines is 1. The summed E-state index contributed by atoms with van der Waals surface area (Å²) in [5, 5.41) is 26.4. The van der Waals surface area contributed by atoms with Crippen LogP contribution in [0.4, 0.5) is 5.69 Å². The standard InChI is InChI=1S/C12H12N8/c1-7-16-12(20-17-7)8-2-4-9(5-3-8)18-19-10(6-13)11(14)15/h2-5,18H,1H3,(H3,14,15)(H,16,17,20)/b19-10+. The van der Waals surface area contributed by atoms with Crippen LogP contribution in [0, 0.1) is 23.7 Å². The molecule has 0 amide bonds. The number of hydrogen-bond donors (Lipinski definition) is 4. The van der Waals surface area contributed by atoms with Crippen molar-refractivity contribution in [1.29, 1.82) is 10.7 Å². The molecule has 20 heavy (non-hydrogen) atoms. The van der Waals surface area contributed by atoms with E-state index in [1.54, 1.807) is 18.2 Å². The van der Waals surface area contributed by atoms with E-state index in [2.05, 4.69) is 25.7 Å². The number of H-pyrrole nitrogens is 1. The largest absolute Gasteiger partial charge is 0.382 e. The molecule has 0 saturated carbocycles. The first kappa shape index (κ1) is 13.2. The van der Waals surface area contributed by atoms with E-state index >= 15 is 0 Å². The Balaban J connectivity index is 2.13. The van der Waals surface area contributed by atoms with Crippen molar-refractivity contribution in [2.75, 3.05) is 5.43 Å². The third-order valence-electron chi connectivity index (χ3n) is 2.40. The number of nitrogens with two attached hydrogens (primary N) is 1. The fraction of sp³-hybridized carbons (Fsp3) is 0.0833. The topological polar surface area (TPSA) is 140 Å². The van der Waals surface area contributed by atoms with Gasteiger partial charge in [-0.3, -0.25) is 15.9 Å². The van der Waals surface area contributed by atoms with E-state index < -0.39 is 0 Å². The number of amidine groups is 1. The number of rotatable bonds is 4. The number of benzene rings is 1. The maximum Gasteiger partial charge on any atom is 0.201 e. The van der Waals surface area contributed by atoms with Crippen molar-refractivity contribution in [3.63, 3.8) is 0 Å². The molecule has 0 unspecified atom stereocenters. The molecule has 2 rings (SSSR count). The molecule has 0 radical (unpaired) electrons. The second-order valence-corrected chi connectivity index (χ2v) is 3.92. The average molecular weight is 268 g/mol. The van der Waals surface area contributed by atoms with Crippen molar-refractivity contribution in [3.8, 4) is 17.5 Å². The SMILES string of the molecule is Cc1nc(-c2ccc(N/N=C(\C#N)C(=N)N)cc2)n[nH]1. The molecule has 0 atom stereocenters. The zero-order valence-corrected chi connectivity index (χ0v) is 10.7. The number of anilines is 1. The lowest BCUT2D eigenvalue weighted by Gasteiger charge is -2.02. The van der Waals surface area contributed by atoms with Gasteiger partial charge in [0.05, 0.1) is 5.69 Å². The first-order valence-electron chi connectivity index (χ1n) is 5.68. The van der Waals surface area contributed by atoms with Crippen molar-refractivity contribution in [3.05, 3.63) is 30.1 Å². The minimum atomic E-state index is -0.382. The number of nitriles is 1. The smallest absolute Gasteiger partial charge is 0.201 e. The quantitative estimate of drug-likeness (QED) is 0.372. The van der Waals surface area contributed by atoms with Crippen LogP contribution in [-0.2, 0) is 0 Å². The summed E-state index contributed by atoms with van der Waals surface area (Å²) in [5.74, 6) is 0.971. The Morgan fingerprint density at radius 1 is 1.45 bits per heavy atom. The molecule has 0 bridgehead atoms. The van der Waals surface area contributed by atoms with Gasteiger partial charge in [0.2, 0.25) is 5.71 Å². The molecule has 1 aromatic heterocycles. The second kappa shape index (κ2) is 5.62. The van der Waals surface area contributed by atoms with Crippen LogP contribution < -0.4 is 11.2 Å². The van der Waals surface area contributed by atoms with Gasteiger partial charge >= 0.3 is 0 Å². The summed E-state index contributed by atoms with van der Waals surface area (Å²) in [5.41, 5.74) is 9.19. The van der Waals surface area contributed by atoms with Crippen LogP contribution in [0.2, 0.25) is 0 Å². The molecule has 0 aliphatic carbocycles. The highest BCUT2D eigenvalue weighted by Gasteiger charge is 2.04. The van der Waals surface area contributed by atoms with E-state index in [1.807, 2.05) is 19.1 Å². The summed E-state index contributed by atoms with van der Waals surface area (Å²) in [7, 11) is 0. The van der Waals surface area contributed by atoms with E-state index in [0.717, 1.165) is 11.4 Å². The third kappa shape index (κ3) is 2.97. The number of aromatic nitrogens is 3. The first-order chi connectivity index (χ1) is 9.60. The molecule has 0 fully saturated rings. The van der Waals surface area contributed by atoms with Crippen LogP contribution in [0.5, 0.6) is 0 Å². The Morgan fingerprint density at radius 2 is 2.15 bits per heavy atom. The molecule has 0 aliphatic heterocycles. The second-order valence-electron chi connectivity index (χ2n) is 3.92. The molecule has 1 aromatic carbocycles. The van der Waals surface area contributed by atoms with E-state index in [4.69, 9.17) is 16.4 Å². The van der Waals surface area contributed by atoms with E-state index in [0.29, 0.717) is 11.5 Å². The monoisotopic (exact) mass is 268 g/mol. The molecule has 8 nitrogen and oxygen atoms in total. The number of nitrogens with one attached hydrogen (secondary N) is 3. The van der Waals surface area contributed by atoms with Crippen LogP contribution in [-0.4, -0.2) is 26.7 Å². The number of hydrogen-bond acceptors (Lipinski definition) is 6. The van der Waals surface area contributed by atoms with Gasteiger partial charge < -0.3 is 5.73 Å². The van der Waals surface area contributed by atoms with Crippen molar-refractivity contribution in [2.45, 2.75) is 6.92 Å². The lowest BCUT2D eigenvalue weighted by molar-refractivity contribution is 1.04. The molecule has 2 aromatic rings. The molecular formula is C12H12N8. The molecule has 5 N–H and O–H groups in total. The van der Waals surface area contributed by atoms with Gasteiger partial charge in [-0.1, -0.05) is 0 Å². The van der Waals surface area contributed by atoms with Gasteiger partial charge in [0, 0.05) is 5.56 Å². The average Bonchev–Trinajstić information content (AvgIpc) is 2.86. The van der Waals surface area contributed by atoms with Crippen molar-refractivity contribution in [1.82, 2.24) is 15.2 Å². The Labute approximate surface area is 114 Å². The minimum Gasteiger partial charge on any atom is -0.382 e. The molecule has 8 heteroatoms. The summed E-state index contributed by atoms with van der Waals surface area (Å²) >= 11 is 0. The maximum atomic E-state index is 8.71. The molecule has 0 saturated heterocycles. The Bertz CT molecular complexity index is 689. The van der Waals surface area contributed by atoms with Gasteiger partial charge in [-0.25, -0.2) is 4.98 Å². The fourth-order valence-corrected chi connectivity index (χ4v) is 1.43. The van der Waals surface area contributed by atoms with Gasteiger partial charge in [0.15, 0.2) is 11.7 Å². The van der Waals surface area contributed by atoms with Crippen molar-refractivity contribution >= 4 is 17.2 Å². The number of aryl methyl sites for hydroxylation is 1. The Morgan fingerprint density at radius 3 is 2.65 bits per heavy atom. The van der Waals surface area contributed by atoms with Crippen LogP contribution in [0.15, 0.2) is 29.4 Å². The van der Waals surface area contributed by atoms with Crippen molar-refractivity contribution < 1.29 is 0 Å². The summed E-state index contributed by atoms with van der Waals surface area (Å²) in [4.78, 5) is 4.22. The van der Waals surface area contributed by atoms with Gasteiger partial charge in [0.25, 0.3) is 0 Å². The van der Waals surface area contributed by atoms with Gasteiger partial charge in [0.1, 0.15) is 11.9 Å². The lowest BCUT2D eigenvalue weighted by atomic mass is 10.2. The Kier molecular flexibility index (Phi) is 3.72. The minimum absolute atomic E-state index is 0.168. The normalized spacial score (nSPS) is 10.9. The molecular weight excluding hydrogens is 256 g/mol. The van der Waals surface area contributed by atoms with E-state index in [-0.39, 0.29) is 11.5 Å². The van der Waals surface area contributed by atoms with Crippen LogP contribution in [0.3, 0.4) is 0 Å². The summed E-state index contributed by atoms with van der Waals surface area (Å²) in [6.07, 6.45) is 0. The highest BCUT2D eigenvalue weighted by Crippen LogP contribution is 2.17. The van der Waals surface area contributed by atoms with Gasteiger partial charge in [-0.2, -0.15) is 15.5 Å². The number of nitrogens with zero attached hydrogens (tertiary/aromatic N) is 4. The summed E-state index contributed by atoms with van der Waals surface area (Å²) < 4.78 is 0. The van der Waals surface area contributed by atoms with Crippen LogP contribution >= 0.6 is 0 Å².